The third-order valence-electron chi connectivity index (χ3n) is 3.52. The molecule has 0 saturated heterocycles. The number of rotatable bonds is 5. The number of hydrogen-bond acceptors (Lipinski definition) is 4. The van der Waals surface area contributed by atoms with E-state index in [9.17, 15) is 14.7 Å². The average Bonchev–Trinajstić information content (AvgIpc) is 2.86. The molecule has 2 N–H and O–H groups in total. The Balaban J connectivity index is 2.29. The first kappa shape index (κ1) is 15.0. The molecule has 7 heteroatoms. The minimum atomic E-state index is -1.04. The molecule has 2 heterocycles. The predicted octanol–water partition coefficient (Wildman–Crippen LogP) is 1.27. The molecule has 7 nitrogen and oxygen atoms in total. The van der Waals surface area contributed by atoms with Crippen molar-refractivity contribution >= 4 is 17.5 Å². The number of nitrogens with zero attached hydrogens (tertiary/aromatic N) is 3. The summed E-state index contributed by atoms with van der Waals surface area (Å²) in [7, 11) is 0. The number of aryl methyl sites for hydroxylation is 1. The highest BCUT2D eigenvalue weighted by Crippen LogP contribution is 2.12. The molecule has 21 heavy (non-hydrogen) atoms. The maximum absolute atomic E-state index is 12.3. The summed E-state index contributed by atoms with van der Waals surface area (Å²) < 4.78 is 1.49. The van der Waals surface area contributed by atoms with Crippen LogP contribution in [0.1, 0.15) is 36.3 Å². The average molecular weight is 290 g/mol. The SMILES string of the molecule is CCC(C)C(NC(=O)c1cnn2ccc(C)nc12)C(=O)O. The van der Waals surface area contributed by atoms with Gasteiger partial charge in [-0.2, -0.15) is 5.10 Å². The number of nitrogens with one attached hydrogen (secondary N) is 1. The van der Waals surface area contributed by atoms with E-state index in [1.165, 1.54) is 10.7 Å². The van der Waals surface area contributed by atoms with Crippen molar-refractivity contribution in [1.82, 2.24) is 19.9 Å². The molecule has 0 spiro atoms. The van der Waals surface area contributed by atoms with Crippen LogP contribution in [0.5, 0.6) is 0 Å². The first-order valence-electron chi connectivity index (χ1n) is 6.78. The van der Waals surface area contributed by atoms with Crippen LogP contribution in [0.4, 0.5) is 0 Å². The highest BCUT2D eigenvalue weighted by atomic mass is 16.4. The van der Waals surface area contributed by atoms with Crippen molar-refractivity contribution < 1.29 is 14.7 Å². The third-order valence-corrected chi connectivity index (χ3v) is 3.52. The van der Waals surface area contributed by atoms with Crippen molar-refractivity contribution in [2.45, 2.75) is 33.2 Å². The van der Waals surface area contributed by atoms with E-state index in [0.717, 1.165) is 5.69 Å². The van der Waals surface area contributed by atoms with E-state index in [-0.39, 0.29) is 11.5 Å². The van der Waals surface area contributed by atoms with Gasteiger partial charge < -0.3 is 10.4 Å². The van der Waals surface area contributed by atoms with E-state index in [1.54, 1.807) is 19.2 Å². The van der Waals surface area contributed by atoms with Gasteiger partial charge in [-0.1, -0.05) is 20.3 Å². The summed E-state index contributed by atoms with van der Waals surface area (Å²) in [6.45, 7) is 5.48. The summed E-state index contributed by atoms with van der Waals surface area (Å²) in [6, 6.07) is 0.850. The van der Waals surface area contributed by atoms with Crippen LogP contribution in [0.25, 0.3) is 5.65 Å². The fourth-order valence-electron chi connectivity index (χ4n) is 2.02. The van der Waals surface area contributed by atoms with Crippen molar-refractivity contribution in [1.29, 1.82) is 0 Å². The lowest BCUT2D eigenvalue weighted by Crippen LogP contribution is -2.45. The van der Waals surface area contributed by atoms with Gasteiger partial charge in [0.05, 0.1) is 6.20 Å². The van der Waals surface area contributed by atoms with Crippen LogP contribution in [-0.2, 0) is 4.79 Å². The van der Waals surface area contributed by atoms with Gasteiger partial charge >= 0.3 is 5.97 Å². The minimum Gasteiger partial charge on any atom is -0.480 e. The van der Waals surface area contributed by atoms with E-state index < -0.39 is 17.9 Å². The van der Waals surface area contributed by atoms with Gasteiger partial charge in [0.2, 0.25) is 0 Å². The zero-order valence-electron chi connectivity index (χ0n) is 12.2. The number of carboxylic acids is 1. The molecule has 1 amide bonds. The lowest BCUT2D eigenvalue weighted by molar-refractivity contribution is -0.140. The minimum absolute atomic E-state index is 0.164. The number of fused-ring (bicyclic) bond motifs is 1. The highest BCUT2D eigenvalue weighted by Gasteiger charge is 2.27. The van der Waals surface area contributed by atoms with Crippen LogP contribution < -0.4 is 5.32 Å². The molecule has 0 saturated carbocycles. The quantitative estimate of drug-likeness (QED) is 0.864. The second-order valence-corrected chi connectivity index (χ2v) is 5.07. The maximum atomic E-state index is 12.3. The van der Waals surface area contributed by atoms with Gasteiger partial charge in [0, 0.05) is 11.9 Å². The molecule has 2 rings (SSSR count). The molecule has 0 radical (unpaired) electrons. The third kappa shape index (κ3) is 3.01. The summed E-state index contributed by atoms with van der Waals surface area (Å²) in [5, 5.41) is 15.8. The van der Waals surface area contributed by atoms with Crippen LogP contribution in [-0.4, -0.2) is 37.6 Å². The Kier molecular flexibility index (Phi) is 4.21. The number of hydrogen-bond donors (Lipinski definition) is 2. The highest BCUT2D eigenvalue weighted by molar-refractivity contribution is 6.01. The van der Waals surface area contributed by atoms with E-state index in [2.05, 4.69) is 15.4 Å². The molecular weight excluding hydrogens is 272 g/mol. The van der Waals surface area contributed by atoms with Crippen molar-refractivity contribution in [2.24, 2.45) is 5.92 Å². The van der Waals surface area contributed by atoms with E-state index in [0.29, 0.717) is 12.1 Å². The molecule has 0 aliphatic rings. The van der Waals surface area contributed by atoms with E-state index in [4.69, 9.17) is 0 Å². The van der Waals surface area contributed by atoms with E-state index in [1.807, 2.05) is 13.8 Å². The summed E-state index contributed by atoms with van der Waals surface area (Å²) in [6.07, 6.45) is 3.76. The molecule has 112 valence electrons. The Morgan fingerprint density at radius 2 is 2.19 bits per heavy atom. The summed E-state index contributed by atoms with van der Waals surface area (Å²) in [5.41, 5.74) is 1.45. The lowest BCUT2D eigenvalue weighted by Gasteiger charge is -2.19. The van der Waals surface area contributed by atoms with Crippen LogP contribution in [0, 0.1) is 12.8 Å². The fourth-order valence-corrected chi connectivity index (χ4v) is 2.02. The number of carboxylic acid groups (broad SMARTS) is 1. The van der Waals surface area contributed by atoms with Gasteiger partial charge in [-0.05, 0) is 18.9 Å². The van der Waals surface area contributed by atoms with Crippen LogP contribution >= 0.6 is 0 Å². The molecule has 0 fully saturated rings. The predicted molar refractivity (Wildman–Crippen MR) is 76.1 cm³/mol. The van der Waals surface area contributed by atoms with Crippen molar-refractivity contribution in [2.75, 3.05) is 0 Å². The Morgan fingerprint density at radius 3 is 2.81 bits per heavy atom. The zero-order valence-corrected chi connectivity index (χ0v) is 12.2. The van der Waals surface area contributed by atoms with Gasteiger partial charge in [0.25, 0.3) is 5.91 Å². The molecule has 2 unspecified atom stereocenters. The number of aliphatic carboxylic acids is 1. The molecule has 0 bridgehead atoms. The molecule has 0 aromatic carbocycles. The lowest BCUT2D eigenvalue weighted by atomic mass is 9.99. The molecular formula is C14H18N4O3. The van der Waals surface area contributed by atoms with Gasteiger partial charge in [-0.25, -0.2) is 14.3 Å². The Morgan fingerprint density at radius 1 is 1.48 bits per heavy atom. The number of carbonyl (C=O) groups excluding carboxylic acids is 1. The number of aromatic nitrogens is 3. The summed E-state index contributed by atoms with van der Waals surface area (Å²) in [5.74, 6) is -1.68. The van der Waals surface area contributed by atoms with Crippen molar-refractivity contribution in [3.05, 3.63) is 29.7 Å². The zero-order chi connectivity index (χ0) is 15.6. The van der Waals surface area contributed by atoms with Crippen LogP contribution in [0.3, 0.4) is 0 Å². The van der Waals surface area contributed by atoms with Gasteiger partial charge in [-0.15, -0.1) is 0 Å². The van der Waals surface area contributed by atoms with Crippen molar-refractivity contribution in [3.63, 3.8) is 0 Å². The topological polar surface area (TPSA) is 96.6 Å². The summed E-state index contributed by atoms with van der Waals surface area (Å²) in [4.78, 5) is 27.8. The largest absolute Gasteiger partial charge is 0.480 e. The Labute approximate surface area is 122 Å². The molecule has 2 aromatic rings. The Bertz CT molecular complexity index is 680. The molecule has 0 aliphatic carbocycles. The van der Waals surface area contributed by atoms with Gasteiger partial charge in [0.15, 0.2) is 5.65 Å². The number of carbonyl (C=O) groups is 2. The van der Waals surface area contributed by atoms with Gasteiger partial charge in [0.1, 0.15) is 11.6 Å². The van der Waals surface area contributed by atoms with Crippen molar-refractivity contribution in [3.8, 4) is 0 Å². The van der Waals surface area contributed by atoms with Gasteiger partial charge in [-0.3, -0.25) is 4.79 Å². The standard InChI is InChI=1S/C14H18N4O3/c1-4-8(2)11(14(20)21)17-13(19)10-7-15-18-6-5-9(3)16-12(10)18/h5-8,11H,4H2,1-3H3,(H,17,19)(H,20,21). The normalized spacial score (nSPS) is 13.9. The van der Waals surface area contributed by atoms with Crippen LogP contribution in [0.15, 0.2) is 18.5 Å². The first-order chi connectivity index (χ1) is 9.93. The van der Waals surface area contributed by atoms with Crippen LogP contribution in [0.2, 0.25) is 0 Å². The first-order valence-corrected chi connectivity index (χ1v) is 6.78. The summed E-state index contributed by atoms with van der Waals surface area (Å²) >= 11 is 0. The monoisotopic (exact) mass is 290 g/mol. The smallest absolute Gasteiger partial charge is 0.326 e. The maximum Gasteiger partial charge on any atom is 0.326 e. The molecule has 2 atom stereocenters. The number of amides is 1. The Hall–Kier alpha value is -2.44. The van der Waals surface area contributed by atoms with E-state index >= 15 is 0 Å². The second-order valence-electron chi connectivity index (χ2n) is 5.07. The second kappa shape index (κ2) is 5.90. The fraction of sp³-hybridized carbons (Fsp3) is 0.429. The molecule has 2 aromatic heterocycles. The molecule has 0 aliphatic heterocycles.